The van der Waals surface area contributed by atoms with Gasteiger partial charge in [-0.1, -0.05) is 20.8 Å². The maximum Gasteiger partial charge on any atom is 0.322 e. The van der Waals surface area contributed by atoms with Gasteiger partial charge < -0.3 is 15.0 Å². The first-order valence-electron chi connectivity index (χ1n) is 7.73. The fraction of sp³-hybridized carbons (Fsp3) is 0.800. The summed E-state index contributed by atoms with van der Waals surface area (Å²) in [6.07, 6.45) is 2.35. The van der Waals surface area contributed by atoms with Crippen molar-refractivity contribution in [2.24, 2.45) is 11.3 Å². The molecule has 0 saturated carbocycles. The first-order chi connectivity index (χ1) is 9.94. The van der Waals surface area contributed by atoms with Gasteiger partial charge in [-0.3, -0.25) is 0 Å². The Balaban J connectivity index is 2.10. The van der Waals surface area contributed by atoms with Gasteiger partial charge in [-0.25, -0.2) is 0 Å². The van der Waals surface area contributed by atoms with Crippen LogP contribution in [0.15, 0.2) is 0 Å². The van der Waals surface area contributed by atoms with Crippen molar-refractivity contribution in [2.75, 3.05) is 37.0 Å². The molecule has 1 aliphatic rings. The van der Waals surface area contributed by atoms with E-state index in [1.54, 1.807) is 7.11 Å². The predicted molar refractivity (Wildman–Crippen MR) is 84.9 cm³/mol. The first kappa shape index (κ1) is 15.8. The van der Waals surface area contributed by atoms with E-state index in [4.69, 9.17) is 4.74 Å². The van der Waals surface area contributed by atoms with Crippen LogP contribution in [0, 0.1) is 11.3 Å². The number of nitrogens with zero attached hydrogens (tertiary/aromatic N) is 4. The quantitative estimate of drug-likeness (QED) is 0.920. The minimum absolute atomic E-state index is 0.369. The summed E-state index contributed by atoms with van der Waals surface area (Å²) in [7, 11) is 1.58. The summed E-state index contributed by atoms with van der Waals surface area (Å²) in [4.78, 5) is 15.3. The van der Waals surface area contributed by atoms with Gasteiger partial charge in [0.05, 0.1) is 7.11 Å². The van der Waals surface area contributed by atoms with Gasteiger partial charge in [-0.05, 0) is 31.1 Å². The monoisotopic (exact) mass is 293 g/mol. The number of aromatic nitrogens is 3. The van der Waals surface area contributed by atoms with Crippen molar-refractivity contribution in [1.82, 2.24) is 15.0 Å². The molecule has 0 radical (unpaired) electrons. The van der Waals surface area contributed by atoms with Crippen LogP contribution in [-0.2, 0) is 0 Å². The summed E-state index contributed by atoms with van der Waals surface area (Å²) in [5.74, 6) is 2.05. The van der Waals surface area contributed by atoms with Crippen LogP contribution in [0.2, 0.25) is 0 Å². The topological polar surface area (TPSA) is 63.2 Å². The molecule has 1 N–H and O–H groups in total. The molecule has 0 spiro atoms. The van der Waals surface area contributed by atoms with Crippen molar-refractivity contribution in [3.8, 4) is 6.01 Å². The third-order valence-electron chi connectivity index (χ3n) is 4.12. The molecule has 0 amide bonds. The summed E-state index contributed by atoms with van der Waals surface area (Å²) < 4.78 is 5.18. The molecule has 0 bridgehead atoms. The minimum Gasteiger partial charge on any atom is -0.467 e. The molecule has 2 rings (SSSR count). The third-order valence-corrected chi connectivity index (χ3v) is 4.12. The second kappa shape index (κ2) is 6.45. The normalized spacial score (nSPS) is 16.9. The maximum atomic E-state index is 5.18. The first-order valence-corrected chi connectivity index (χ1v) is 7.73. The zero-order chi connectivity index (χ0) is 15.5. The Morgan fingerprint density at radius 3 is 2.38 bits per heavy atom. The zero-order valence-electron chi connectivity index (χ0n) is 13.8. The summed E-state index contributed by atoms with van der Waals surface area (Å²) in [5.41, 5.74) is 0.373. The lowest BCUT2D eigenvalue weighted by Crippen LogP contribution is -2.39. The van der Waals surface area contributed by atoms with E-state index < -0.39 is 0 Å². The Hall–Kier alpha value is -1.59. The average molecular weight is 293 g/mol. The summed E-state index contributed by atoms with van der Waals surface area (Å²) in [6.45, 7) is 11.7. The van der Waals surface area contributed by atoms with Gasteiger partial charge >= 0.3 is 6.01 Å². The van der Waals surface area contributed by atoms with E-state index in [1.165, 1.54) is 12.8 Å². The summed E-state index contributed by atoms with van der Waals surface area (Å²) in [6, 6.07) is 0.369. The van der Waals surface area contributed by atoms with Crippen molar-refractivity contribution < 1.29 is 4.74 Å². The Labute approximate surface area is 127 Å². The predicted octanol–water partition coefficient (Wildman–Crippen LogP) is 2.57. The van der Waals surface area contributed by atoms with Crippen LogP contribution in [0.3, 0.4) is 0 Å². The zero-order valence-corrected chi connectivity index (χ0v) is 13.8. The smallest absolute Gasteiger partial charge is 0.322 e. The molecule has 1 fully saturated rings. The van der Waals surface area contributed by atoms with E-state index in [2.05, 4.69) is 45.9 Å². The molecule has 118 valence electrons. The average Bonchev–Trinajstić information content (AvgIpc) is 2.46. The van der Waals surface area contributed by atoms with Crippen LogP contribution in [0.1, 0.15) is 40.5 Å². The molecule has 1 saturated heterocycles. The summed E-state index contributed by atoms with van der Waals surface area (Å²) in [5, 5.41) is 3.13. The molecule has 6 heteroatoms. The largest absolute Gasteiger partial charge is 0.467 e. The molecule has 0 unspecified atom stereocenters. The SMILES string of the molecule is CCNc1nc(OC)nc(N2CCC(C(C)(C)C)CC2)n1. The fourth-order valence-corrected chi connectivity index (χ4v) is 2.76. The fourth-order valence-electron chi connectivity index (χ4n) is 2.76. The van der Waals surface area contributed by atoms with Gasteiger partial charge in [-0.15, -0.1) is 0 Å². The molecule has 0 atom stereocenters. The van der Waals surface area contributed by atoms with E-state index in [9.17, 15) is 0 Å². The molecule has 1 aromatic heterocycles. The van der Waals surface area contributed by atoms with E-state index >= 15 is 0 Å². The van der Waals surface area contributed by atoms with E-state index in [0.29, 0.717) is 23.3 Å². The molecule has 6 nitrogen and oxygen atoms in total. The van der Waals surface area contributed by atoms with Crippen LogP contribution < -0.4 is 15.0 Å². The van der Waals surface area contributed by atoms with Crippen molar-refractivity contribution in [3.05, 3.63) is 0 Å². The number of nitrogens with one attached hydrogen (secondary N) is 1. The lowest BCUT2D eigenvalue weighted by Gasteiger charge is -2.38. The van der Waals surface area contributed by atoms with E-state index in [1.807, 2.05) is 6.92 Å². The van der Waals surface area contributed by atoms with Crippen LogP contribution in [0.5, 0.6) is 6.01 Å². The Morgan fingerprint density at radius 2 is 1.86 bits per heavy atom. The Bertz CT molecular complexity index is 464. The summed E-state index contributed by atoms with van der Waals surface area (Å²) >= 11 is 0. The lowest BCUT2D eigenvalue weighted by molar-refractivity contribution is 0.198. The van der Waals surface area contributed by atoms with Gasteiger partial charge in [0, 0.05) is 19.6 Å². The maximum absolute atomic E-state index is 5.18. The number of hydrogen-bond acceptors (Lipinski definition) is 6. The highest BCUT2D eigenvalue weighted by Crippen LogP contribution is 2.35. The highest BCUT2D eigenvalue weighted by Gasteiger charge is 2.29. The number of methoxy groups -OCH3 is 1. The third kappa shape index (κ3) is 3.95. The van der Waals surface area contributed by atoms with Crippen molar-refractivity contribution in [2.45, 2.75) is 40.5 Å². The molecule has 1 aliphatic heterocycles. The van der Waals surface area contributed by atoms with Crippen molar-refractivity contribution in [3.63, 3.8) is 0 Å². The van der Waals surface area contributed by atoms with Crippen LogP contribution in [0.25, 0.3) is 0 Å². The molecule has 0 aliphatic carbocycles. The van der Waals surface area contributed by atoms with Crippen LogP contribution >= 0.6 is 0 Å². The van der Waals surface area contributed by atoms with Crippen LogP contribution in [0.4, 0.5) is 11.9 Å². The van der Waals surface area contributed by atoms with Gasteiger partial charge in [0.15, 0.2) is 0 Å². The molecular formula is C15H27N5O. The molecular weight excluding hydrogens is 266 g/mol. The lowest BCUT2D eigenvalue weighted by atomic mass is 9.75. The van der Waals surface area contributed by atoms with E-state index in [0.717, 1.165) is 25.6 Å². The highest BCUT2D eigenvalue weighted by molar-refractivity contribution is 5.38. The number of anilines is 2. The second-order valence-corrected chi connectivity index (χ2v) is 6.60. The van der Waals surface area contributed by atoms with E-state index in [-0.39, 0.29) is 0 Å². The number of ether oxygens (including phenoxy) is 1. The van der Waals surface area contributed by atoms with Crippen molar-refractivity contribution in [1.29, 1.82) is 0 Å². The number of hydrogen-bond donors (Lipinski definition) is 1. The van der Waals surface area contributed by atoms with Crippen molar-refractivity contribution >= 4 is 11.9 Å². The van der Waals surface area contributed by atoms with Gasteiger partial charge in [0.25, 0.3) is 0 Å². The molecule has 1 aromatic rings. The highest BCUT2D eigenvalue weighted by atomic mass is 16.5. The second-order valence-electron chi connectivity index (χ2n) is 6.60. The molecule has 0 aromatic carbocycles. The number of piperidine rings is 1. The molecule has 2 heterocycles. The Kier molecular flexibility index (Phi) is 4.85. The van der Waals surface area contributed by atoms with Crippen LogP contribution in [-0.4, -0.2) is 41.7 Å². The standard InChI is InChI=1S/C15H27N5O/c1-6-16-12-17-13(19-14(18-12)21-5)20-9-7-11(8-10-20)15(2,3)4/h11H,6-10H2,1-5H3,(H,16,17,18,19). The minimum atomic E-state index is 0.369. The molecule has 21 heavy (non-hydrogen) atoms. The van der Waals surface area contributed by atoms with Gasteiger partial charge in [0.1, 0.15) is 0 Å². The van der Waals surface area contributed by atoms with Gasteiger partial charge in [0.2, 0.25) is 11.9 Å². The number of rotatable bonds is 4. The Morgan fingerprint density at radius 1 is 1.19 bits per heavy atom. The van der Waals surface area contributed by atoms with Gasteiger partial charge in [-0.2, -0.15) is 15.0 Å².